The predicted octanol–water partition coefficient (Wildman–Crippen LogP) is 3.49. The van der Waals surface area contributed by atoms with Crippen LogP contribution in [0.5, 0.6) is 5.75 Å². The van der Waals surface area contributed by atoms with Crippen molar-refractivity contribution < 1.29 is 9.53 Å². The summed E-state index contributed by atoms with van der Waals surface area (Å²) in [5.74, 6) is 0.698. The van der Waals surface area contributed by atoms with Crippen LogP contribution < -0.4 is 4.74 Å². The van der Waals surface area contributed by atoms with Crippen molar-refractivity contribution in [3.05, 3.63) is 53.9 Å². The highest BCUT2D eigenvalue weighted by molar-refractivity contribution is 7.17. The molecule has 1 saturated heterocycles. The number of likely N-dealkylation sites (tertiary alicyclic amines) is 1. The van der Waals surface area contributed by atoms with Gasteiger partial charge in [-0.2, -0.15) is 5.10 Å². The molecule has 134 valence electrons. The Kier molecular flexibility index (Phi) is 4.71. The van der Waals surface area contributed by atoms with Crippen molar-refractivity contribution in [1.29, 1.82) is 0 Å². The molecule has 6 nitrogen and oxygen atoms in total. The van der Waals surface area contributed by atoms with Crippen LogP contribution in [0.15, 0.2) is 49.1 Å². The summed E-state index contributed by atoms with van der Waals surface area (Å²) in [5.41, 5.74) is 1.10. The fourth-order valence-corrected chi connectivity index (χ4v) is 4.40. The Morgan fingerprint density at radius 1 is 1.23 bits per heavy atom. The van der Waals surface area contributed by atoms with Crippen molar-refractivity contribution in [2.45, 2.75) is 18.9 Å². The molecule has 1 amide bonds. The zero-order chi connectivity index (χ0) is 17.9. The summed E-state index contributed by atoms with van der Waals surface area (Å²) in [6.07, 6.45) is 5.07. The van der Waals surface area contributed by atoms with Crippen molar-refractivity contribution in [2.24, 2.45) is 0 Å². The first-order valence-electron chi connectivity index (χ1n) is 8.63. The van der Waals surface area contributed by atoms with Gasteiger partial charge in [-0.05, 0) is 24.5 Å². The van der Waals surface area contributed by atoms with E-state index < -0.39 is 0 Å². The average molecular weight is 368 g/mol. The third kappa shape index (κ3) is 3.22. The summed E-state index contributed by atoms with van der Waals surface area (Å²) < 4.78 is 7.37. The molecule has 26 heavy (non-hydrogen) atoms. The van der Waals surface area contributed by atoms with Crippen molar-refractivity contribution >= 4 is 17.2 Å². The van der Waals surface area contributed by atoms with Crippen LogP contribution in [0.1, 0.15) is 28.6 Å². The maximum absolute atomic E-state index is 13.0. The molecule has 3 heterocycles. The summed E-state index contributed by atoms with van der Waals surface area (Å²) in [7, 11) is 1.62. The number of amides is 1. The molecule has 1 aliphatic rings. The van der Waals surface area contributed by atoms with Crippen LogP contribution in [0.25, 0.3) is 10.4 Å². The number of thiophene rings is 1. The Labute approximate surface area is 156 Å². The molecule has 0 aliphatic carbocycles. The van der Waals surface area contributed by atoms with Gasteiger partial charge in [0, 0.05) is 18.0 Å². The molecule has 4 rings (SSSR count). The van der Waals surface area contributed by atoms with Crippen molar-refractivity contribution in [3.63, 3.8) is 0 Å². The molecule has 0 spiro atoms. The van der Waals surface area contributed by atoms with Gasteiger partial charge >= 0.3 is 0 Å². The molecule has 0 bridgehead atoms. The number of piperidine rings is 1. The molecule has 1 aliphatic heterocycles. The van der Waals surface area contributed by atoms with Crippen LogP contribution in [0, 0.1) is 0 Å². The Morgan fingerprint density at radius 2 is 2.00 bits per heavy atom. The predicted molar refractivity (Wildman–Crippen MR) is 101 cm³/mol. The van der Waals surface area contributed by atoms with E-state index in [1.165, 1.54) is 11.3 Å². The molecule has 7 heteroatoms. The second-order valence-electron chi connectivity index (χ2n) is 6.27. The van der Waals surface area contributed by atoms with E-state index in [4.69, 9.17) is 4.74 Å². The van der Waals surface area contributed by atoms with Crippen LogP contribution in [0.4, 0.5) is 0 Å². The van der Waals surface area contributed by atoms with E-state index in [-0.39, 0.29) is 5.91 Å². The van der Waals surface area contributed by atoms with Crippen molar-refractivity contribution in [2.75, 3.05) is 20.2 Å². The Bertz CT molecular complexity index is 868. The summed E-state index contributed by atoms with van der Waals surface area (Å²) in [6, 6.07) is 12.3. The Balaban J connectivity index is 1.51. The number of nitrogens with zero attached hydrogens (tertiary/aromatic N) is 4. The Morgan fingerprint density at radius 3 is 2.65 bits per heavy atom. The van der Waals surface area contributed by atoms with Crippen molar-refractivity contribution in [3.8, 4) is 16.2 Å². The number of hydrogen-bond donors (Lipinski definition) is 0. The zero-order valence-corrected chi connectivity index (χ0v) is 15.4. The van der Waals surface area contributed by atoms with Gasteiger partial charge in [-0.15, -0.1) is 11.3 Å². The summed E-state index contributed by atoms with van der Waals surface area (Å²) in [4.78, 5) is 20.7. The van der Waals surface area contributed by atoms with Gasteiger partial charge in [0.1, 0.15) is 23.3 Å². The van der Waals surface area contributed by atoms with Gasteiger partial charge in [0.25, 0.3) is 5.91 Å². The number of methoxy groups -OCH3 is 1. The van der Waals surface area contributed by atoms with E-state index in [2.05, 4.69) is 10.1 Å². The maximum atomic E-state index is 13.0. The van der Waals surface area contributed by atoms with Gasteiger partial charge < -0.3 is 9.64 Å². The first kappa shape index (κ1) is 16.8. The molecular weight excluding hydrogens is 348 g/mol. The highest BCUT2D eigenvalue weighted by Gasteiger charge is 2.28. The minimum Gasteiger partial charge on any atom is -0.495 e. The van der Waals surface area contributed by atoms with E-state index in [1.54, 1.807) is 19.8 Å². The second-order valence-corrected chi connectivity index (χ2v) is 7.33. The van der Waals surface area contributed by atoms with E-state index in [0.717, 1.165) is 23.3 Å². The van der Waals surface area contributed by atoms with Gasteiger partial charge in [-0.25, -0.2) is 9.67 Å². The SMILES string of the molecule is COc1cc(-c2ccccc2)sc1C(=O)N1CCC(n2cncn2)CC1. The van der Waals surface area contributed by atoms with Crippen LogP contribution in [-0.2, 0) is 0 Å². The monoisotopic (exact) mass is 368 g/mol. The lowest BCUT2D eigenvalue weighted by atomic mass is 10.1. The lowest BCUT2D eigenvalue weighted by Gasteiger charge is -2.31. The number of carbonyl (C=O) groups excluding carboxylic acids is 1. The quantitative estimate of drug-likeness (QED) is 0.707. The highest BCUT2D eigenvalue weighted by Crippen LogP contribution is 2.37. The molecule has 1 fully saturated rings. The molecule has 3 aromatic rings. The average Bonchev–Trinajstić information content (AvgIpc) is 3.38. The van der Waals surface area contributed by atoms with Crippen molar-refractivity contribution in [1.82, 2.24) is 19.7 Å². The number of ether oxygens (including phenoxy) is 1. The summed E-state index contributed by atoms with van der Waals surface area (Å²) >= 11 is 1.49. The molecule has 1 aromatic carbocycles. The van der Waals surface area contributed by atoms with Gasteiger partial charge in [-0.1, -0.05) is 30.3 Å². The summed E-state index contributed by atoms with van der Waals surface area (Å²) in [5, 5.41) is 4.22. The van der Waals surface area contributed by atoms with Crippen LogP contribution in [-0.4, -0.2) is 45.8 Å². The fourth-order valence-electron chi connectivity index (χ4n) is 3.30. The topological polar surface area (TPSA) is 60.2 Å². The minimum atomic E-state index is 0.0473. The molecular formula is C19H20N4O2S. The minimum absolute atomic E-state index is 0.0473. The van der Waals surface area contributed by atoms with Crippen LogP contribution >= 0.6 is 11.3 Å². The van der Waals surface area contributed by atoms with Gasteiger partial charge in [0.2, 0.25) is 0 Å². The number of carbonyl (C=O) groups is 1. The zero-order valence-electron chi connectivity index (χ0n) is 14.5. The smallest absolute Gasteiger partial charge is 0.267 e. The number of aromatic nitrogens is 3. The number of benzene rings is 1. The second kappa shape index (κ2) is 7.29. The lowest BCUT2D eigenvalue weighted by Crippen LogP contribution is -2.39. The molecule has 0 radical (unpaired) electrons. The fraction of sp³-hybridized carbons (Fsp3) is 0.316. The number of rotatable bonds is 4. The molecule has 0 saturated carbocycles. The van der Waals surface area contributed by atoms with E-state index in [1.807, 2.05) is 46.0 Å². The van der Waals surface area contributed by atoms with Crippen LogP contribution in [0.2, 0.25) is 0 Å². The Hall–Kier alpha value is -2.67. The van der Waals surface area contributed by atoms with E-state index in [9.17, 15) is 4.79 Å². The molecule has 0 atom stereocenters. The highest BCUT2D eigenvalue weighted by atomic mass is 32.1. The first-order chi connectivity index (χ1) is 12.8. The normalized spacial score (nSPS) is 15.2. The largest absolute Gasteiger partial charge is 0.495 e. The maximum Gasteiger partial charge on any atom is 0.267 e. The first-order valence-corrected chi connectivity index (χ1v) is 9.44. The lowest BCUT2D eigenvalue weighted by molar-refractivity contribution is 0.0692. The standard InChI is InChI=1S/C19H20N4O2S/c1-25-16-11-17(14-5-3-2-4-6-14)26-18(16)19(24)22-9-7-15(8-10-22)23-13-20-12-21-23/h2-6,11-13,15H,7-10H2,1H3. The van der Waals surface area contributed by atoms with Crippen LogP contribution in [0.3, 0.4) is 0 Å². The third-order valence-electron chi connectivity index (χ3n) is 4.73. The van der Waals surface area contributed by atoms with E-state index in [0.29, 0.717) is 29.8 Å². The molecule has 0 unspecified atom stereocenters. The van der Waals surface area contributed by atoms with Gasteiger partial charge in [0.05, 0.1) is 13.2 Å². The van der Waals surface area contributed by atoms with E-state index >= 15 is 0 Å². The molecule has 2 aromatic heterocycles. The van der Waals surface area contributed by atoms with Gasteiger partial charge in [0.15, 0.2) is 0 Å². The third-order valence-corrected chi connectivity index (χ3v) is 5.89. The number of hydrogen-bond acceptors (Lipinski definition) is 5. The van der Waals surface area contributed by atoms with Gasteiger partial charge in [-0.3, -0.25) is 4.79 Å². The summed E-state index contributed by atoms with van der Waals surface area (Å²) in [6.45, 7) is 1.43. The molecule has 0 N–H and O–H groups in total.